The lowest BCUT2D eigenvalue weighted by Crippen LogP contribution is -2.69. The summed E-state index contributed by atoms with van der Waals surface area (Å²) in [6.45, 7) is 1.56. The van der Waals surface area contributed by atoms with E-state index >= 15 is 0 Å². The standard InChI is InChI=1S/C15H13FN6/c16-14-6-10(1-2-19-14)21-8-11-5-12(9-21)22(11)15-13(7-17)18-3-4-20-15/h1-4,6,11-12H,5,8-9H2. The molecular weight excluding hydrogens is 283 g/mol. The van der Waals surface area contributed by atoms with Crippen LogP contribution in [0.4, 0.5) is 15.9 Å². The molecule has 0 aromatic carbocycles. The molecule has 7 heteroatoms. The molecular formula is C15H13FN6. The van der Waals surface area contributed by atoms with E-state index < -0.39 is 5.95 Å². The van der Waals surface area contributed by atoms with Crippen molar-refractivity contribution in [3.05, 3.63) is 42.4 Å². The summed E-state index contributed by atoms with van der Waals surface area (Å²) >= 11 is 0. The third-order valence-corrected chi connectivity index (χ3v) is 4.30. The second-order valence-electron chi connectivity index (χ2n) is 5.53. The molecule has 2 unspecified atom stereocenters. The van der Waals surface area contributed by atoms with Crippen LogP contribution in [0.3, 0.4) is 0 Å². The number of nitriles is 1. The molecule has 5 heterocycles. The first-order valence-corrected chi connectivity index (χ1v) is 7.12. The van der Waals surface area contributed by atoms with Crippen molar-refractivity contribution in [2.24, 2.45) is 0 Å². The van der Waals surface area contributed by atoms with Crippen molar-refractivity contribution in [2.75, 3.05) is 22.9 Å². The highest BCUT2D eigenvalue weighted by atomic mass is 19.1. The van der Waals surface area contributed by atoms with Crippen LogP contribution >= 0.6 is 0 Å². The van der Waals surface area contributed by atoms with E-state index in [1.807, 2.05) is 6.07 Å². The van der Waals surface area contributed by atoms with Gasteiger partial charge in [0.15, 0.2) is 11.5 Å². The summed E-state index contributed by atoms with van der Waals surface area (Å²) in [6, 6.07) is 5.93. The summed E-state index contributed by atoms with van der Waals surface area (Å²) in [4.78, 5) is 16.3. The summed E-state index contributed by atoms with van der Waals surface area (Å²) in [5.74, 6) is 0.195. The third-order valence-electron chi connectivity index (χ3n) is 4.30. The molecule has 2 aromatic rings. The van der Waals surface area contributed by atoms with E-state index in [9.17, 15) is 9.65 Å². The second-order valence-corrected chi connectivity index (χ2v) is 5.53. The Hall–Kier alpha value is -2.75. The fourth-order valence-electron chi connectivity index (χ4n) is 3.35. The highest BCUT2D eigenvalue weighted by molar-refractivity contribution is 5.58. The maximum atomic E-state index is 13.3. The number of nitrogens with zero attached hydrogens (tertiary/aromatic N) is 6. The first-order valence-electron chi connectivity index (χ1n) is 7.12. The molecule has 0 radical (unpaired) electrons. The van der Waals surface area contributed by atoms with E-state index in [-0.39, 0.29) is 12.1 Å². The molecule has 2 bridgehead atoms. The summed E-state index contributed by atoms with van der Waals surface area (Å²) in [5, 5.41) is 9.17. The zero-order chi connectivity index (χ0) is 15.1. The minimum absolute atomic E-state index is 0.277. The zero-order valence-electron chi connectivity index (χ0n) is 11.7. The Kier molecular flexibility index (Phi) is 2.89. The van der Waals surface area contributed by atoms with Crippen LogP contribution in [-0.2, 0) is 0 Å². The van der Waals surface area contributed by atoms with Gasteiger partial charge in [-0.25, -0.2) is 15.0 Å². The van der Waals surface area contributed by atoms with Gasteiger partial charge in [0, 0.05) is 43.4 Å². The second kappa shape index (κ2) is 4.91. The van der Waals surface area contributed by atoms with Gasteiger partial charge in [0.25, 0.3) is 0 Å². The Morgan fingerprint density at radius 3 is 2.64 bits per heavy atom. The average molecular weight is 296 g/mol. The predicted molar refractivity (Wildman–Crippen MR) is 77.8 cm³/mol. The maximum absolute atomic E-state index is 13.3. The lowest BCUT2D eigenvalue weighted by Gasteiger charge is -2.57. The molecule has 3 aliphatic rings. The van der Waals surface area contributed by atoms with Crippen molar-refractivity contribution in [1.29, 1.82) is 5.26 Å². The quantitative estimate of drug-likeness (QED) is 0.779. The molecule has 3 saturated heterocycles. The number of piperidine rings is 1. The van der Waals surface area contributed by atoms with E-state index in [1.165, 1.54) is 18.5 Å². The SMILES string of the molecule is N#Cc1nccnc1N1C2CC1CN(c1ccnc(F)c1)C2. The summed E-state index contributed by atoms with van der Waals surface area (Å²) in [5.41, 5.74) is 1.21. The monoisotopic (exact) mass is 296 g/mol. The van der Waals surface area contributed by atoms with Crippen LogP contribution in [0.15, 0.2) is 30.7 Å². The van der Waals surface area contributed by atoms with Gasteiger partial charge in [-0.05, 0) is 12.5 Å². The molecule has 5 rings (SSSR count). The molecule has 2 atom stereocenters. The van der Waals surface area contributed by atoms with Crippen LogP contribution < -0.4 is 9.80 Å². The van der Waals surface area contributed by atoms with Crippen LogP contribution in [0.1, 0.15) is 12.1 Å². The average Bonchev–Trinajstić information content (AvgIpc) is 2.55. The van der Waals surface area contributed by atoms with E-state index in [1.54, 1.807) is 6.20 Å². The normalized spacial score (nSPS) is 22.9. The number of halogens is 1. The maximum Gasteiger partial charge on any atom is 0.214 e. The molecule has 3 fully saturated rings. The van der Waals surface area contributed by atoms with Crippen LogP contribution in [0.2, 0.25) is 0 Å². The lowest BCUT2D eigenvalue weighted by atomic mass is 9.87. The van der Waals surface area contributed by atoms with E-state index in [0.29, 0.717) is 11.5 Å². The summed E-state index contributed by atoms with van der Waals surface area (Å²) in [7, 11) is 0. The number of rotatable bonds is 2. The number of pyridine rings is 1. The topological polar surface area (TPSA) is 68.9 Å². The van der Waals surface area contributed by atoms with Gasteiger partial charge in [0.2, 0.25) is 5.95 Å². The Balaban J connectivity index is 1.57. The third kappa shape index (κ3) is 1.96. The Bertz CT molecular complexity index is 746. The predicted octanol–water partition coefficient (Wildman–Crippen LogP) is 1.35. The number of aromatic nitrogens is 3. The van der Waals surface area contributed by atoms with E-state index in [4.69, 9.17) is 0 Å². The van der Waals surface area contributed by atoms with Gasteiger partial charge in [-0.2, -0.15) is 9.65 Å². The lowest BCUT2D eigenvalue weighted by molar-refractivity contribution is 0.288. The summed E-state index contributed by atoms with van der Waals surface area (Å²) in [6.07, 6.45) is 5.69. The van der Waals surface area contributed by atoms with Crippen LogP contribution in [0.5, 0.6) is 0 Å². The van der Waals surface area contributed by atoms with Gasteiger partial charge in [0.05, 0.1) is 12.1 Å². The van der Waals surface area contributed by atoms with Crippen LogP contribution in [0.25, 0.3) is 0 Å². The molecule has 0 amide bonds. The minimum atomic E-state index is -0.464. The van der Waals surface area contributed by atoms with Crippen molar-refractivity contribution in [2.45, 2.75) is 18.5 Å². The number of anilines is 2. The van der Waals surface area contributed by atoms with Crippen molar-refractivity contribution >= 4 is 11.5 Å². The molecule has 6 nitrogen and oxygen atoms in total. The number of piperazine rings is 1. The Morgan fingerprint density at radius 1 is 1.14 bits per heavy atom. The number of fused-ring (bicyclic) bond motifs is 2. The first-order chi connectivity index (χ1) is 10.8. The fraction of sp³-hybridized carbons (Fsp3) is 0.333. The van der Waals surface area contributed by atoms with Gasteiger partial charge in [0.1, 0.15) is 6.07 Å². The fourth-order valence-corrected chi connectivity index (χ4v) is 3.35. The van der Waals surface area contributed by atoms with Crippen LogP contribution in [0, 0.1) is 17.3 Å². The van der Waals surface area contributed by atoms with Gasteiger partial charge >= 0.3 is 0 Å². The molecule has 22 heavy (non-hydrogen) atoms. The first kappa shape index (κ1) is 13.0. The van der Waals surface area contributed by atoms with Crippen molar-refractivity contribution in [1.82, 2.24) is 15.0 Å². The van der Waals surface area contributed by atoms with Crippen molar-refractivity contribution in [3.63, 3.8) is 0 Å². The van der Waals surface area contributed by atoms with Gasteiger partial charge < -0.3 is 9.80 Å². The molecule has 0 N–H and O–H groups in total. The number of hydrogen-bond donors (Lipinski definition) is 0. The minimum Gasteiger partial charge on any atom is -0.367 e. The van der Waals surface area contributed by atoms with E-state index in [0.717, 1.165) is 25.2 Å². The van der Waals surface area contributed by atoms with Gasteiger partial charge in [-0.3, -0.25) is 0 Å². The van der Waals surface area contributed by atoms with Crippen molar-refractivity contribution < 1.29 is 4.39 Å². The Labute approximate surface area is 126 Å². The molecule has 2 aromatic heterocycles. The molecule has 0 spiro atoms. The molecule has 110 valence electrons. The number of hydrogen-bond acceptors (Lipinski definition) is 6. The largest absolute Gasteiger partial charge is 0.367 e. The van der Waals surface area contributed by atoms with Gasteiger partial charge in [-0.15, -0.1) is 0 Å². The zero-order valence-corrected chi connectivity index (χ0v) is 11.7. The smallest absolute Gasteiger partial charge is 0.214 e. The summed E-state index contributed by atoms with van der Waals surface area (Å²) < 4.78 is 13.3. The molecule has 0 saturated carbocycles. The van der Waals surface area contributed by atoms with Crippen LogP contribution in [-0.4, -0.2) is 40.1 Å². The molecule has 0 aliphatic carbocycles. The highest BCUT2D eigenvalue weighted by Crippen LogP contribution is 2.38. The van der Waals surface area contributed by atoms with E-state index in [2.05, 4.69) is 30.8 Å². The van der Waals surface area contributed by atoms with Gasteiger partial charge in [-0.1, -0.05) is 0 Å². The van der Waals surface area contributed by atoms with Crippen molar-refractivity contribution in [3.8, 4) is 6.07 Å². The molecule has 3 aliphatic heterocycles. The highest BCUT2D eigenvalue weighted by Gasteiger charge is 2.46. The Morgan fingerprint density at radius 2 is 1.91 bits per heavy atom.